The van der Waals surface area contributed by atoms with Crippen LogP contribution < -0.4 is 0 Å². The molecule has 0 fully saturated rings. The summed E-state index contributed by atoms with van der Waals surface area (Å²) >= 11 is 0. The fraction of sp³-hybridized carbons (Fsp3) is 0.231. The molecule has 1 N–H and O–H groups in total. The summed E-state index contributed by atoms with van der Waals surface area (Å²) in [6, 6.07) is 21.2. The number of benzene rings is 3. The van der Waals surface area contributed by atoms with E-state index in [4.69, 9.17) is 4.74 Å². The summed E-state index contributed by atoms with van der Waals surface area (Å²) < 4.78 is 5.73. The summed E-state index contributed by atoms with van der Waals surface area (Å²) in [6.45, 7) is 2.39. The monoisotopic (exact) mass is 413 g/mol. The molecule has 0 bridgehead atoms. The van der Waals surface area contributed by atoms with E-state index in [9.17, 15) is 14.7 Å². The van der Waals surface area contributed by atoms with Gasteiger partial charge in [-0.1, -0.05) is 66.7 Å². The first-order valence-electron chi connectivity index (χ1n) is 10.5. The Balaban J connectivity index is 1.39. The zero-order valence-corrected chi connectivity index (χ0v) is 17.2. The van der Waals surface area contributed by atoms with Gasteiger partial charge in [0.25, 0.3) is 0 Å². The summed E-state index contributed by atoms with van der Waals surface area (Å²) in [5.41, 5.74) is 7.62. The Morgan fingerprint density at radius 2 is 1.61 bits per heavy atom. The highest BCUT2D eigenvalue weighted by Crippen LogP contribution is 2.44. The molecule has 1 aliphatic carbocycles. The van der Waals surface area contributed by atoms with E-state index < -0.39 is 18.1 Å². The molecule has 0 spiro atoms. The number of rotatable bonds is 3. The molecule has 3 aromatic rings. The van der Waals surface area contributed by atoms with Gasteiger partial charge in [-0.15, -0.1) is 0 Å². The lowest BCUT2D eigenvalue weighted by molar-refractivity contribution is -0.143. The summed E-state index contributed by atoms with van der Waals surface area (Å²) in [6.07, 6.45) is -0.289. The van der Waals surface area contributed by atoms with Crippen LogP contribution in [-0.4, -0.2) is 34.7 Å². The second-order valence-electron chi connectivity index (χ2n) is 8.20. The number of fused-ring (bicyclic) bond motifs is 4. The Kier molecular flexibility index (Phi) is 4.74. The quantitative estimate of drug-likeness (QED) is 0.673. The average Bonchev–Trinajstić information content (AvgIpc) is 3.10. The number of ether oxygens (including phenoxy) is 1. The lowest BCUT2D eigenvalue weighted by Gasteiger charge is -2.34. The number of hydrogen-bond donors (Lipinski definition) is 1. The Hall–Kier alpha value is -3.60. The van der Waals surface area contributed by atoms with Crippen LogP contribution in [0.25, 0.3) is 11.1 Å². The molecule has 5 nitrogen and oxygen atoms in total. The number of carboxylic acid groups (broad SMARTS) is 1. The van der Waals surface area contributed by atoms with E-state index in [-0.39, 0.29) is 19.1 Å². The molecule has 1 amide bonds. The minimum absolute atomic E-state index is 0.0565. The molecule has 0 radical (unpaired) electrons. The Bertz CT molecular complexity index is 1140. The van der Waals surface area contributed by atoms with Crippen molar-refractivity contribution in [3.63, 3.8) is 0 Å². The van der Waals surface area contributed by atoms with Crippen molar-refractivity contribution in [2.24, 2.45) is 0 Å². The van der Waals surface area contributed by atoms with Gasteiger partial charge >= 0.3 is 12.1 Å². The molecule has 1 aliphatic heterocycles. The van der Waals surface area contributed by atoms with Gasteiger partial charge in [-0.3, -0.25) is 4.90 Å². The van der Waals surface area contributed by atoms with Crippen molar-refractivity contribution < 1.29 is 19.4 Å². The number of carbonyl (C=O) groups excluding carboxylic acids is 1. The maximum Gasteiger partial charge on any atom is 0.410 e. The Labute approximate surface area is 180 Å². The number of carboxylic acids is 1. The van der Waals surface area contributed by atoms with Crippen molar-refractivity contribution in [3.05, 3.63) is 94.5 Å². The molecule has 5 rings (SSSR count). The van der Waals surface area contributed by atoms with Gasteiger partial charge in [0.05, 0.1) is 6.54 Å². The van der Waals surface area contributed by atoms with Gasteiger partial charge in [0, 0.05) is 12.3 Å². The van der Waals surface area contributed by atoms with Crippen molar-refractivity contribution in [2.75, 3.05) is 6.61 Å². The highest BCUT2D eigenvalue weighted by atomic mass is 16.6. The molecule has 5 heteroatoms. The fourth-order valence-corrected chi connectivity index (χ4v) is 4.89. The van der Waals surface area contributed by atoms with E-state index in [0.717, 1.165) is 38.9 Å². The number of hydrogen-bond acceptors (Lipinski definition) is 3. The first-order valence-corrected chi connectivity index (χ1v) is 10.5. The largest absolute Gasteiger partial charge is 0.480 e. The van der Waals surface area contributed by atoms with Crippen molar-refractivity contribution in [2.45, 2.75) is 31.8 Å². The zero-order chi connectivity index (χ0) is 21.5. The minimum Gasteiger partial charge on any atom is -0.480 e. The fourth-order valence-electron chi connectivity index (χ4n) is 4.89. The first kappa shape index (κ1) is 19.4. The maximum absolute atomic E-state index is 13.0. The highest BCUT2D eigenvalue weighted by molar-refractivity contribution is 5.82. The van der Waals surface area contributed by atoms with Crippen molar-refractivity contribution in [1.29, 1.82) is 0 Å². The molecule has 2 aliphatic rings. The van der Waals surface area contributed by atoms with Crippen LogP contribution in [0.2, 0.25) is 0 Å². The number of aryl methyl sites for hydroxylation is 1. The molecule has 0 saturated heterocycles. The Morgan fingerprint density at radius 1 is 0.968 bits per heavy atom. The van der Waals surface area contributed by atoms with Gasteiger partial charge in [0.1, 0.15) is 12.6 Å². The van der Waals surface area contributed by atoms with E-state index in [1.807, 2.05) is 49.4 Å². The van der Waals surface area contributed by atoms with Gasteiger partial charge in [-0.05, 0) is 45.9 Å². The zero-order valence-electron chi connectivity index (χ0n) is 17.2. The molecule has 156 valence electrons. The molecular formula is C26H23NO4. The molecular weight excluding hydrogens is 390 g/mol. The molecule has 0 aromatic heterocycles. The predicted octanol–water partition coefficient (Wildman–Crippen LogP) is 4.76. The SMILES string of the molecule is Cc1cccc2c1CC(C(=O)O)N(C(=O)OCC1c3ccccc3-c3ccccc31)C2. The number of amides is 1. The summed E-state index contributed by atoms with van der Waals surface area (Å²) in [7, 11) is 0. The van der Waals surface area contributed by atoms with Crippen LogP contribution in [0.4, 0.5) is 4.79 Å². The normalized spacial score (nSPS) is 16.9. The molecule has 31 heavy (non-hydrogen) atoms. The highest BCUT2D eigenvalue weighted by Gasteiger charge is 2.37. The van der Waals surface area contributed by atoms with Crippen molar-refractivity contribution in [3.8, 4) is 11.1 Å². The van der Waals surface area contributed by atoms with Gasteiger partial charge in [-0.25, -0.2) is 9.59 Å². The van der Waals surface area contributed by atoms with Crippen LogP contribution in [0.1, 0.15) is 33.7 Å². The van der Waals surface area contributed by atoms with Crippen LogP contribution >= 0.6 is 0 Å². The molecule has 0 saturated carbocycles. The van der Waals surface area contributed by atoms with Crippen LogP contribution in [0.3, 0.4) is 0 Å². The van der Waals surface area contributed by atoms with E-state index in [0.29, 0.717) is 6.42 Å². The van der Waals surface area contributed by atoms with Crippen LogP contribution in [-0.2, 0) is 22.5 Å². The predicted molar refractivity (Wildman–Crippen MR) is 117 cm³/mol. The third-order valence-corrected chi connectivity index (χ3v) is 6.48. The van der Waals surface area contributed by atoms with Crippen LogP contribution in [0, 0.1) is 6.92 Å². The first-order chi connectivity index (χ1) is 15.0. The van der Waals surface area contributed by atoms with Crippen LogP contribution in [0.15, 0.2) is 66.7 Å². The van der Waals surface area contributed by atoms with Gasteiger partial charge in [-0.2, -0.15) is 0 Å². The average molecular weight is 413 g/mol. The second-order valence-corrected chi connectivity index (χ2v) is 8.20. The smallest absolute Gasteiger partial charge is 0.410 e. The van der Waals surface area contributed by atoms with Crippen molar-refractivity contribution in [1.82, 2.24) is 4.90 Å². The summed E-state index contributed by atoms with van der Waals surface area (Å²) in [5.74, 6) is -1.07. The summed E-state index contributed by atoms with van der Waals surface area (Å²) in [4.78, 5) is 26.3. The number of aliphatic carboxylic acids is 1. The van der Waals surface area contributed by atoms with Crippen LogP contribution in [0.5, 0.6) is 0 Å². The van der Waals surface area contributed by atoms with E-state index in [1.165, 1.54) is 4.90 Å². The van der Waals surface area contributed by atoms with Gasteiger partial charge in [0.15, 0.2) is 0 Å². The van der Waals surface area contributed by atoms with E-state index in [2.05, 4.69) is 24.3 Å². The standard InChI is InChI=1S/C26H23NO4/c1-16-7-6-8-17-14-27(24(25(28)29)13-22(16)17)26(30)31-15-23-20-11-4-2-9-18(20)19-10-3-5-12-21(19)23/h2-12,23-24H,13-15H2,1H3,(H,28,29). The molecule has 3 aromatic carbocycles. The lowest BCUT2D eigenvalue weighted by atomic mass is 9.91. The van der Waals surface area contributed by atoms with Crippen molar-refractivity contribution >= 4 is 12.1 Å². The molecule has 1 heterocycles. The van der Waals surface area contributed by atoms with Gasteiger partial charge < -0.3 is 9.84 Å². The molecule has 1 unspecified atom stereocenters. The second kappa shape index (κ2) is 7.58. The molecule has 1 atom stereocenters. The Morgan fingerprint density at radius 3 is 2.26 bits per heavy atom. The lowest BCUT2D eigenvalue weighted by Crippen LogP contribution is -2.49. The number of nitrogens with zero attached hydrogens (tertiary/aromatic N) is 1. The van der Waals surface area contributed by atoms with E-state index in [1.54, 1.807) is 0 Å². The van der Waals surface area contributed by atoms with Gasteiger partial charge in [0.2, 0.25) is 0 Å². The number of carbonyl (C=O) groups is 2. The third kappa shape index (κ3) is 3.26. The summed E-state index contributed by atoms with van der Waals surface area (Å²) in [5, 5.41) is 9.76. The third-order valence-electron chi connectivity index (χ3n) is 6.48. The minimum atomic E-state index is -1.01. The maximum atomic E-state index is 13.0. The topological polar surface area (TPSA) is 66.8 Å². The van der Waals surface area contributed by atoms with E-state index >= 15 is 0 Å².